The number of allylic oxidation sites excluding steroid dienone is 1. The van der Waals surface area contributed by atoms with Gasteiger partial charge in [-0.2, -0.15) is 5.26 Å². The molecule has 4 rings (SSSR count). The summed E-state index contributed by atoms with van der Waals surface area (Å²) in [4.78, 5) is 36.5. The third-order valence-corrected chi connectivity index (χ3v) is 8.92. The fraction of sp³-hybridized carbons (Fsp3) is 0.378. The topological polar surface area (TPSA) is 214 Å². The lowest BCUT2D eigenvalue weighted by atomic mass is 9.60. The Labute approximate surface area is 295 Å². The van der Waals surface area contributed by atoms with E-state index in [4.69, 9.17) is 14.2 Å². The number of nitro benzene ring substituents is 1. The van der Waals surface area contributed by atoms with E-state index in [1.165, 1.54) is 24.3 Å². The molecule has 0 spiro atoms. The first-order valence-electron chi connectivity index (χ1n) is 16.3. The van der Waals surface area contributed by atoms with E-state index in [-0.39, 0.29) is 55.3 Å². The molecule has 51 heavy (non-hydrogen) atoms. The van der Waals surface area contributed by atoms with Gasteiger partial charge in [0, 0.05) is 48.3 Å². The molecule has 4 unspecified atom stereocenters. The zero-order chi connectivity index (χ0) is 37.3. The summed E-state index contributed by atoms with van der Waals surface area (Å²) in [5.74, 6) is -2.44. The van der Waals surface area contributed by atoms with E-state index in [2.05, 4.69) is 16.7 Å². The van der Waals surface area contributed by atoms with Gasteiger partial charge in [-0.1, -0.05) is 24.3 Å². The van der Waals surface area contributed by atoms with Crippen LogP contribution < -0.4 is 24.8 Å². The molecular weight excluding hydrogens is 660 g/mol. The first-order valence-corrected chi connectivity index (χ1v) is 16.3. The van der Waals surface area contributed by atoms with Crippen LogP contribution in [0.25, 0.3) is 0 Å². The number of nitrogens with one attached hydrogen (secondary N) is 2. The predicted molar refractivity (Wildman–Crippen MR) is 186 cm³/mol. The maximum atomic E-state index is 13.1. The SMILES string of the molecule is CC1=C(C(=O)O)C(c2cccc([N+](=O)[O-])c2)C(CCOc2ccc(OCC(C)(C)NCC(O)COc3ccccc3C#N)cc2)(C(=O)O)C(C)N1. The van der Waals surface area contributed by atoms with Gasteiger partial charge in [0.1, 0.15) is 48.1 Å². The lowest BCUT2D eigenvalue weighted by Crippen LogP contribution is -2.57. The number of nitriles is 1. The van der Waals surface area contributed by atoms with Crippen LogP contribution in [-0.4, -0.2) is 76.2 Å². The highest BCUT2D eigenvalue weighted by atomic mass is 16.6. The number of carboxylic acids is 2. The smallest absolute Gasteiger partial charge is 0.333 e. The lowest BCUT2D eigenvalue weighted by Gasteiger charge is -2.46. The van der Waals surface area contributed by atoms with Gasteiger partial charge in [0.05, 0.1) is 22.7 Å². The summed E-state index contributed by atoms with van der Waals surface area (Å²) in [6.45, 7) is 7.39. The summed E-state index contributed by atoms with van der Waals surface area (Å²) in [5, 5.41) is 58.3. The van der Waals surface area contributed by atoms with E-state index in [9.17, 15) is 40.3 Å². The highest BCUT2D eigenvalue weighted by molar-refractivity contribution is 5.93. The number of aliphatic carboxylic acids is 2. The van der Waals surface area contributed by atoms with E-state index in [1.807, 2.05) is 13.8 Å². The Bertz CT molecular complexity index is 1800. The molecule has 14 heteroatoms. The molecule has 0 saturated heterocycles. The molecule has 0 aromatic heterocycles. The Balaban J connectivity index is 1.37. The second-order valence-electron chi connectivity index (χ2n) is 13.0. The summed E-state index contributed by atoms with van der Waals surface area (Å²) in [5.41, 5.74) is -1.85. The Hall–Kier alpha value is -5.65. The van der Waals surface area contributed by atoms with E-state index in [1.54, 1.807) is 62.4 Å². The number of hydrogen-bond acceptors (Lipinski definition) is 11. The number of benzene rings is 3. The molecular formula is C37H42N4O10. The van der Waals surface area contributed by atoms with Gasteiger partial charge in [-0.15, -0.1) is 0 Å². The van der Waals surface area contributed by atoms with Crippen molar-refractivity contribution in [2.75, 3.05) is 26.4 Å². The molecule has 1 aliphatic rings. The molecule has 1 aliphatic heterocycles. The van der Waals surface area contributed by atoms with Crippen LogP contribution in [0.3, 0.4) is 0 Å². The second kappa shape index (κ2) is 16.4. The molecule has 270 valence electrons. The quantitative estimate of drug-likeness (QED) is 0.0960. The number of carbonyl (C=O) groups is 2. The Morgan fingerprint density at radius 2 is 1.73 bits per heavy atom. The van der Waals surface area contributed by atoms with Crippen LogP contribution in [0.1, 0.15) is 51.2 Å². The Morgan fingerprint density at radius 3 is 2.35 bits per heavy atom. The third kappa shape index (κ3) is 9.13. The maximum absolute atomic E-state index is 13.1. The van der Waals surface area contributed by atoms with Gasteiger partial charge in [-0.3, -0.25) is 14.9 Å². The number of rotatable bonds is 17. The summed E-state index contributed by atoms with van der Waals surface area (Å²) in [6, 6.07) is 20.2. The van der Waals surface area contributed by atoms with Gasteiger partial charge in [-0.25, -0.2) is 4.79 Å². The minimum atomic E-state index is -1.73. The van der Waals surface area contributed by atoms with Crippen molar-refractivity contribution in [3.8, 4) is 23.3 Å². The molecule has 5 N–H and O–H groups in total. The third-order valence-electron chi connectivity index (χ3n) is 8.92. The summed E-state index contributed by atoms with van der Waals surface area (Å²) >= 11 is 0. The van der Waals surface area contributed by atoms with Gasteiger partial charge < -0.3 is 40.2 Å². The predicted octanol–water partition coefficient (Wildman–Crippen LogP) is 4.63. The normalized spacial score (nSPS) is 19.3. The van der Waals surface area contributed by atoms with Crippen LogP contribution >= 0.6 is 0 Å². The van der Waals surface area contributed by atoms with Gasteiger partial charge in [-0.05, 0) is 69.7 Å². The number of non-ortho nitro benzene ring substituents is 1. The number of β-amino-alcohol motifs (C(OH)–C–C–N with tert-alkyl or cyclic N) is 1. The molecule has 0 radical (unpaired) electrons. The molecule has 0 fully saturated rings. The highest BCUT2D eigenvalue weighted by Gasteiger charge is 2.56. The zero-order valence-electron chi connectivity index (χ0n) is 28.8. The molecule has 4 atom stereocenters. The highest BCUT2D eigenvalue weighted by Crippen LogP contribution is 2.51. The Morgan fingerprint density at radius 1 is 1.06 bits per heavy atom. The number of para-hydroxylation sites is 1. The van der Waals surface area contributed by atoms with Crippen LogP contribution in [0.5, 0.6) is 17.2 Å². The van der Waals surface area contributed by atoms with Crippen molar-refractivity contribution < 1.29 is 44.0 Å². The van der Waals surface area contributed by atoms with Crippen LogP contribution in [0, 0.1) is 26.9 Å². The molecule has 3 aromatic rings. The minimum absolute atomic E-state index is 0.000392. The lowest BCUT2D eigenvalue weighted by molar-refractivity contribution is -0.384. The largest absolute Gasteiger partial charge is 0.494 e. The molecule has 0 bridgehead atoms. The first kappa shape index (κ1) is 38.2. The summed E-state index contributed by atoms with van der Waals surface area (Å²) in [6.07, 6.45) is -0.953. The number of hydrogen-bond donors (Lipinski definition) is 5. The van der Waals surface area contributed by atoms with Crippen molar-refractivity contribution in [3.63, 3.8) is 0 Å². The number of aliphatic hydroxyl groups is 1. The van der Waals surface area contributed by atoms with Crippen molar-refractivity contribution in [1.82, 2.24) is 10.6 Å². The fourth-order valence-corrected chi connectivity index (χ4v) is 6.21. The van der Waals surface area contributed by atoms with Crippen LogP contribution in [0.2, 0.25) is 0 Å². The average Bonchev–Trinajstić information content (AvgIpc) is 3.10. The zero-order valence-corrected chi connectivity index (χ0v) is 28.8. The second-order valence-corrected chi connectivity index (χ2v) is 13.0. The standard InChI is InChI=1S/C37H42N4O10/c1-23-32(34(43)44)33(25-9-7-10-27(18-25)41(47)48)37(35(45)46,24(2)40-23)16-17-49-29-12-14-30(15-13-29)51-22-36(3,4)39-20-28(42)21-50-31-11-6-5-8-26(31)19-38/h5-15,18,24,28,33,39-40,42H,16-17,20-22H2,1-4H3,(H,43,44)(H,45,46). The number of nitrogens with zero attached hydrogens (tertiary/aromatic N) is 2. The number of ether oxygens (including phenoxy) is 3. The average molecular weight is 703 g/mol. The van der Waals surface area contributed by atoms with E-state index in [0.717, 1.165) is 0 Å². The summed E-state index contributed by atoms with van der Waals surface area (Å²) in [7, 11) is 0. The first-order chi connectivity index (χ1) is 24.2. The molecule has 14 nitrogen and oxygen atoms in total. The Kier molecular flexibility index (Phi) is 12.2. The van der Waals surface area contributed by atoms with Crippen LogP contribution in [0.15, 0.2) is 84.1 Å². The molecule has 0 saturated carbocycles. The number of nitro groups is 1. The van der Waals surface area contributed by atoms with Gasteiger partial charge in [0.15, 0.2) is 0 Å². The molecule has 3 aromatic carbocycles. The van der Waals surface area contributed by atoms with Crippen molar-refractivity contribution in [2.24, 2.45) is 5.41 Å². The summed E-state index contributed by atoms with van der Waals surface area (Å²) < 4.78 is 17.5. The number of carboxylic acid groups (broad SMARTS) is 2. The molecule has 0 aliphatic carbocycles. The van der Waals surface area contributed by atoms with E-state index >= 15 is 0 Å². The monoisotopic (exact) mass is 702 g/mol. The van der Waals surface area contributed by atoms with Crippen molar-refractivity contribution >= 4 is 17.6 Å². The van der Waals surface area contributed by atoms with Crippen LogP contribution in [-0.2, 0) is 9.59 Å². The number of aliphatic hydroxyl groups excluding tert-OH is 1. The molecule has 0 amide bonds. The van der Waals surface area contributed by atoms with E-state index in [0.29, 0.717) is 22.8 Å². The van der Waals surface area contributed by atoms with Crippen LogP contribution in [0.4, 0.5) is 5.69 Å². The minimum Gasteiger partial charge on any atom is -0.494 e. The van der Waals surface area contributed by atoms with E-state index < -0.39 is 45.9 Å². The van der Waals surface area contributed by atoms with Crippen molar-refractivity contribution in [2.45, 2.75) is 57.7 Å². The molecule has 1 heterocycles. The van der Waals surface area contributed by atoms with Crippen molar-refractivity contribution in [1.29, 1.82) is 5.26 Å². The van der Waals surface area contributed by atoms with Gasteiger partial charge >= 0.3 is 11.9 Å². The van der Waals surface area contributed by atoms with Crippen molar-refractivity contribution in [3.05, 3.63) is 105 Å². The maximum Gasteiger partial charge on any atom is 0.333 e. The van der Waals surface area contributed by atoms with Gasteiger partial charge in [0.25, 0.3) is 5.69 Å². The van der Waals surface area contributed by atoms with Gasteiger partial charge in [0.2, 0.25) is 0 Å². The fourth-order valence-electron chi connectivity index (χ4n) is 6.21.